The maximum Gasteiger partial charge on any atom is 0.209 e. The summed E-state index contributed by atoms with van der Waals surface area (Å²) in [7, 11) is 1.58. The first kappa shape index (κ1) is 21.3. The normalized spacial score (nSPS) is 11.1. The molecule has 9 heteroatoms. The molecular formula is C22H21ClN4O3S. The standard InChI is InChI=1S/C22H21ClN4O3S/c1-13-9-17(14(2)27(13)11-16-5-4-8-30-16)19(28)12-31-22-24-21(25-26-22)18-10-15(23)6-7-20(18)29-3/h4-10H,11-12H2,1-3H3,(H,24,25,26). The van der Waals surface area contributed by atoms with Crippen molar-refractivity contribution in [1.29, 1.82) is 0 Å². The Labute approximate surface area is 188 Å². The van der Waals surface area contributed by atoms with Crippen LogP contribution in [-0.4, -0.2) is 38.4 Å². The monoisotopic (exact) mass is 456 g/mol. The van der Waals surface area contributed by atoms with Crippen LogP contribution in [0.4, 0.5) is 0 Å². The van der Waals surface area contributed by atoms with Crippen LogP contribution in [0.5, 0.6) is 5.75 Å². The molecule has 0 unspecified atom stereocenters. The zero-order valence-corrected chi connectivity index (χ0v) is 18.9. The Balaban J connectivity index is 1.46. The van der Waals surface area contributed by atoms with Crippen LogP contribution in [0.1, 0.15) is 27.5 Å². The second kappa shape index (κ2) is 9.03. The number of hydrogen-bond donors (Lipinski definition) is 1. The van der Waals surface area contributed by atoms with Gasteiger partial charge in [0.1, 0.15) is 11.5 Å². The van der Waals surface area contributed by atoms with Crippen LogP contribution in [-0.2, 0) is 6.54 Å². The SMILES string of the molecule is COc1ccc(Cl)cc1-c1nc(SCC(=O)c2cc(C)n(Cc3ccco3)c2C)n[nH]1. The molecule has 1 N–H and O–H groups in total. The van der Waals surface area contributed by atoms with Crippen LogP contribution in [0.2, 0.25) is 5.02 Å². The maximum absolute atomic E-state index is 12.9. The number of benzene rings is 1. The highest BCUT2D eigenvalue weighted by atomic mass is 35.5. The van der Waals surface area contributed by atoms with Crippen LogP contribution in [0, 0.1) is 13.8 Å². The van der Waals surface area contributed by atoms with Crippen LogP contribution >= 0.6 is 23.4 Å². The van der Waals surface area contributed by atoms with E-state index in [1.54, 1.807) is 31.6 Å². The summed E-state index contributed by atoms with van der Waals surface area (Å²) >= 11 is 7.38. The first-order chi connectivity index (χ1) is 15.0. The molecule has 160 valence electrons. The van der Waals surface area contributed by atoms with Gasteiger partial charge in [-0.2, -0.15) is 0 Å². The summed E-state index contributed by atoms with van der Waals surface area (Å²) in [6.07, 6.45) is 1.65. The molecule has 3 aromatic heterocycles. The van der Waals surface area contributed by atoms with Gasteiger partial charge in [0.05, 0.1) is 31.2 Å². The number of carbonyl (C=O) groups excluding carboxylic acids is 1. The molecule has 4 aromatic rings. The predicted octanol–water partition coefficient (Wildman–Crippen LogP) is 5.17. The van der Waals surface area contributed by atoms with Gasteiger partial charge >= 0.3 is 0 Å². The number of thioether (sulfide) groups is 1. The fourth-order valence-electron chi connectivity index (χ4n) is 3.39. The second-order valence-electron chi connectivity index (χ2n) is 6.97. The van der Waals surface area contributed by atoms with E-state index in [0.29, 0.717) is 39.4 Å². The topological polar surface area (TPSA) is 85.9 Å². The fraction of sp³-hybridized carbons (Fsp3) is 0.227. The summed E-state index contributed by atoms with van der Waals surface area (Å²) in [5.41, 5.74) is 3.33. The number of ether oxygens (including phenoxy) is 1. The number of carbonyl (C=O) groups is 1. The maximum atomic E-state index is 12.9. The van der Waals surface area contributed by atoms with Gasteiger partial charge in [0.15, 0.2) is 11.6 Å². The lowest BCUT2D eigenvalue weighted by Gasteiger charge is -2.07. The van der Waals surface area contributed by atoms with Crippen LogP contribution in [0.3, 0.4) is 0 Å². The van der Waals surface area contributed by atoms with E-state index in [2.05, 4.69) is 19.7 Å². The molecule has 7 nitrogen and oxygen atoms in total. The van der Waals surface area contributed by atoms with E-state index in [9.17, 15) is 4.79 Å². The van der Waals surface area contributed by atoms with Crippen molar-refractivity contribution in [2.75, 3.05) is 12.9 Å². The number of nitrogens with one attached hydrogen (secondary N) is 1. The predicted molar refractivity (Wildman–Crippen MR) is 120 cm³/mol. The van der Waals surface area contributed by atoms with Gasteiger partial charge < -0.3 is 13.7 Å². The summed E-state index contributed by atoms with van der Waals surface area (Å²) in [4.78, 5) is 17.3. The molecular weight excluding hydrogens is 436 g/mol. The number of Topliss-reactive ketones (excluding diaryl/α,β-unsaturated/α-hetero) is 1. The van der Waals surface area contributed by atoms with E-state index in [4.69, 9.17) is 20.8 Å². The van der Waals surface area contributed by atoms with Crippen molar-refractivity contribution in [2.24, 2.45) is 0 Å². The number of rotatable bonds is 8. The molecule has 31 heavy (non-hydrogen) atoms. The molecule has 0 aliphatic rings. The fourth-order valence-corrected chi connectivity index (χ4v) is 4.24. The summed E-state index contributed by atoms with van der Waals surface area (Å²) in [5, 5.41) is 8.16. The van der Waals surface area contributed by atoms with Crippen molar-refractivity contribution in [1.82, 2.24) is 19.7 Å². The van der Waals surface area contributed by atoms with Crippen molar-refractivity contribution in [3.63, 3.8) is 0 Å². The molecule has 0 saturated carbocycles. The molecule has 0 amide bonds. The molecule has 3 heterocycles. The molecule has 0 saturated heterocycles. The van der Waals surface area contributed by atoms with E-state index >= 15 is 0 Å². The molecule has 0 fully saturated rings. The number of furan rings is 1. The van der Waals surface area contributed by atoms with Gasteiger partial charge in [-0.1, -0.05) is 23.4 Å². The van der Waals surface area contributed by atoms with Crippen molar-refractivity contribution in [2.45, 2.75) is 25.5 Å². The van der Waals surface area contributed by atoms with E-state index in [-0.39, 0.29) is 11.5 Å². The highest BCUT2D eigenvalue weighted by Crippen LogP contribution is 2.31. The average molecular weight is 457 g/mol. The van der Waals surface area contributed by atoms with Gasteiger partial charge in [-0.25, -0.2) is 4.98 Å². The minimum Gasteiger partial charge on any atom is -0.496 e. The lowest BCUT2D eigenvalue weighted by atomic mass is 10.2. The molecule has 0 radical (unpaired) electrons. The number of H-pyrrole nitrogens is 1. The smallest absolute Gasteiger partial charge is 0.209 e. The quantitative estimate of drug-likeness (QED) is 0.291. The summed E-state index contributed by atoms with van der Waals surface area (Å²) in [5.74, 6) is 2.27. The largest absolute Gasteiger partial charge is 0.496 e. The molecule has 0 aliphatic carbocycles. The first-order valence-electron chi connectivity index (χ1n) is 9.57. The molecule has 0 spiro atoms. The number of aryl methyl sites for hydroxylation is 1. The number of methoxy groups -OCH3 is 1. The summed E-state index contributed by atoms with van der Waals surface area (Å²) < 4.78 is 12.9. The van der Waals surface area contributed by atoms with Crippen molar-refractivity contribution >= 4 is 29.1 Å². The van der Waals surface area contributed by atoms with Crippen molar-refractivity contribution in [3.05, 3.63) is 70.4 Å². The molecule has 4 rings (SSSR count). The number of ketones is 1. The zero-order chi connectivity index (χ0) is 22.0. The lowest BCUT2D eigenvalue weighted by molar-refractivity contribution is 0.102. The highest BCUT2D eigenvalue weighted by molar-refractivity contribution is 7.99. The van der Waals surface area contributed by atoms with Crippen LogP contribution < -0.4 is 4.74 Å². The molecule has 0 aliphatic heterocycles. The summed E-state index contributed by atoms with van der Waals surface area (Å²) in [6, 6.07) is 11.0. The number of aromatic amines is 1. The third kappa shape index (κ3) is 4.55. The third-order valence-electron chi connectivity index (χ3n) is 4.98. The Morgan fingerprint density at radius 3 is 2.87 bits per heavy atom. The number of halogens is 1. The Bertz CT molecular complexity index is 1210. The van der Waals surface area contributed by atoms with Gasteiger partial charge in [-0.15, -0.1) is 5.10 Å². The second-order valence-corrected chi connectivity index (χ2v) is 8.35. The van der Waals surface area contributed by atoms with E-state index in [1.165, 1.54) is 11.8 Å². The molecule has 1 aromatic carbocycles. The molecule has 0 bridgehead atoms. The Morgan fingerprint density at radius 1 is 1.29 bits per heavy atom. The summed E-state index contributed by atoms with van der Waals surface area (Å²) in [6.45, 7) is 4.53. The lowest BCUT2D eigenvalue weighted by Crippen LogP contribution is -2.07. The van der Waals surface area contributed by atoms with Gasteiger partial charge in [0.25, 0.3) is 0 Å². The first-order valence-corrected chi connectivity index (χ1v) is 10.9. The minimum absolute atomic E-state index is 0.0236. The Hall–Kier alpha value is -2.97. The van der Waals surface area contributed by atoms with Crippen molar-refractivity contribution < 1.29 is 13.9 Å². The van der Waals surface area contributed by atoms with Gasteiger partial charge in [0, 0.05) is 22.0 Å². The number of hydrogen-bond acceptors (Lipinski definition) is 6. The van der Waals surface area contributed by atoms with Gasteiger partial charge in [0.2, 0.25) is 5.16 Å². The Morgan fingerprint density at radius 2 is 2.13 bits per heavy atom. The average Bonchev–Trinajstić information content (AvgIpc) is 3.50. The zero-order valence-electron chi connectivity index (χ0n) is 17.3. The minimum atomic E-state index is 0.0236. The van der Waals surface area contributed by atoms with Crippen LogP contribution in [0.15, 0.2) is 52.2 Å². The molecule has 0 atom stereocenters. The van der Waals surface area contributed by atoms with E-state index in [1.807, 2.05) is 32.0 Å². The Kier molecular flexibility index (Phi) is 6.20. The van der Waals surface area contributed by atoms with E-state index in [0.717, 1.165) is 17.1 Å². The van der Waals surface area contributed by atoms with Gasteiger partial charge in [-0.3, -0.25) is 9.89 Å². The van der Waals surface area contributed by atoms with Crippen molar-refractivity contribution in [3.8, 4) is 17.1 Å². The van der Waals surface area contributed by atoms with E-state index < -0.39 is 0 Å². The van der Waals surface area contributed by atoms with Crippen LogP contribution in [0.25, 0.3) is 11.4 Å². The highest BCUT2D eigenvalue weighted by Gasteiger charge is 2.18. The third-order valence-corrected chi connectivity index (χ3v) is 6.06. The number of aromatic nitrogens is 4. The number of nitrogens with zero attached hydrogens (tertiary/aromatic N) is 3. The van der Waals surface area contributed by atoms with Gasteiger partial charge in [-0.05, 0) is 50.2 Å².